The van der Waals surface area contributed by atoms with Crippen LogP contribution in [0.15, 0.2) is 12.1 Å². The molecule has 4 heteroatoms. The molecular weight excluding hydrogens is 304 g/mol. The number of aryl methyl sites for hydroxylation is 3. The van der Waals surface area contributed by atoms with Gasteiger partial charge in [0.05, 0.1) is 0 Å². The Balaban J connectivity index is 1.95. The molecule has 2 aliphatic rings. The lowest BCUT2D eigenvalue weighted by atomic mass is 9.73. The van der Waals surface area contributed by atoms with E-state index in [-0.39, 0.29) is 17.7 Å². The third-order valence-corrected chi connectivity index (χ3v) is 5.48. The quantitative estimate of drug-likeness (QED) is 0.630. The maximum atomic E-state index is 13.2. The first-order valence-electron chi connectivity index (χ1n) is 8.72. The smallest absolute Gasteiger partial charge is 0.322 e. The second-order valence-corrected chi connectivity index (χ2v) is 7.44. The van der Waals surface area contributed by atoms with Crippen molar-refractivity contribution in [1.82, 2.24) is 0 Å². The zero-order valence-electron chi connectivity index (χ0n) is 15.0. The largest absolute Gasteiger partial charge is 0.450 e. The number of ether oxygens (including phenoxy) is 2. The molecule has 1 heterocycles. The van der Waals surface area contributed by atoms with Gasteiger partial charge in [-0.25, -0.2) is 0 Å². The molecule has 2 fully saturated rings. The minimum absolute atomic E-state index is 0.0524. The summed E-state index contributed by atoms with van der Waals surface area (Å²) in [5.41, 5.74) is 3.02. The second-order valence-electron chi connectivity index (χ2n) is 7.44. The molecule has 1 aliphatic carbocycles. The minimum atomic E-state index is -0.938. The zero-order chi connectivity index (χ0) is 17.5. The summed E-state index contributed by atoms with van der Waals surface area (Å²) in [7, 11) is 1.67. The van der Waals surface area contributed by atoms with Crippen LogP contribution in [0.3, 0.4) is 0 Å². The Bertz CT molecular complexity index is 653. The van der Waals surface area contributed by atoms with E-state index >= 15 is 0 Å². The van der Waals surface area contributed by atoms with Crippen LogP contribution in [0.25, 0.3) is 0 Å². The molecule has 3 rings (SSSR count). The van der Waals surface area contributed by atoms with E-state index in [1.807, 2.05) is 32.9 Å². The van der Waals surface area contributed by atoms with E-state index in [1.165, 1.54) is 0 Å². The highest BCUT2D eigenvalue weighted by Crippen LogP contribution is 2.46. The molecule has 130 valence electrons. The van der Waals surface area contributed by atoms with Crippen LogP contribution in [0, 0.1) is 26.7 Å². The molecule has 1 aliphatic heterocycles. The van der Waals surface area contributed by atoms with Crippen LogP contribution in [0.5, 0.6) is 0 Å². The highest BCUT2D eigenvalue weighted by molar-refractivity contribution is 6.14. The summed E-state index contributed by atoms with van der Waals surface area (Å²) in [6.45, 7) is 6.57. The van der Waals surface area contributed by atoms with Crippen LogP contribution in [0.2, 0.25) is 0 Å². The van der Waals surface area contributed by atoms with Crippen LogP contribution in [0.4, 0.5) is 0 Å². The Morgan fingerprint density at radius 1 is 1.21 bits per heavy atom. The topological polar surface area (TPSA) is 52.6 Å². The van der Waals surface area contributed by atoms with E-state index in [4.69, 9.17) is 9.47 Å². The van der Waals surface area contributed by atoms with Gasteiger partial charge in [0.25, 0.3) is 0 Å². The predicted molar refractivity (Wildman–Crippen MR) is 91.1 cm³/mol. The molecule has 3 atom stereocenters. The number of benzene rings is 1. The van der Waals surface area contributed by atoms with Crippen molar-refractivity contribution < 1.29 is 19.1 Å². The van der Waals surface area contributed by atoms with Crippen molar-refractivity contribution in [3.63, 3.8) is 0 Å². The Labute approximate surface area is 143 Å². The molecular formula is C20H26O4. The lowest BCUT2D eigenvalue weighted by Gasteiger charge is -2.35. The summed E-state index contributed by atoms with van der Waals surface area (Å²) in [4.78, 5) is 25.9. The van der Waals surface area contributed by atoms with Crippen LogP contribution in [-0.4, -0.2) is 31.1 Å². The first-order valence-corrected chi connectivity index (χ1v) is 8.72. The van der Waals surface area contributed by atoms with Crippen molar-refractivity contribution in [3.8, 4) is 0 Å². The molecule has 4 nitrogen and oxygen atoms in total. The molecule has 1 aromatic rings. The first kappa shape index (κ1) is 17.2. The normalized spacial score (nSPS) is 30.0. The monoisotopic (exact) mass is 330 g/mol. The SMILES string of the molecule is COCC1CCCC2(C1)OC(=O)C(c1c(C)cc(C)cc1C)C2=O. The van der Waals surface area contributed by atoms with Crippen molar-refractivity contribution in [2.45, 2.75) is 58.0 Å². The van der Waals surface area contributed by atoms with Gasteiger partial charge in [0, 0.05) is 13.7 Å². The van der Waals surface area contributed by atoms with Gasteiger partial charge in [-0.15, -0.1) is 0 Å². The third-order valence-electron chi connectivity index (χ3n) is 5.48. The van der Waals surface area contributed by atoms with E-state index in [1.54, 1.807) is 7.11 Å². The number of ketones is 1. The molecule has 1 spiro atoms. The Kier molecular flexibility index (Phi) is 4.52. The minimum Gasteiger partial charge on any atom is -0.450 e. The van der Waals surface area contributed by atoms with E-state index in [9.17, 15) is 9.59 Å². The van der Waals surface area contributed by atoms with Crippen molar-refractivity contribution in [2.24, 2.45) is 5.92 Å². The third kappa shape index (κ3) is 2.77. The lowest BCUT2D eigenvalue weighted by molar-refractivity contribution is -0.157. The van der Waals surface area contributed by atoms with Gasteiger partial charge in [-0.1, -0.05) is 17.7 Å². The maximum Gasteiger partial charge on any atom is 0.322 e. The van der Waals surface area contributed by atoms with Gasteiger partial charge in [0.2, 0.25) is 0 Å². The second kappa shape index (κ2) is 6.32. The van der Waals surface area contributed by atoms with Crippen LogP contribution in [0.1, 0.15) is 53.9 Å². The summed E-state index contributed by atoms with van der Waals surface area (Å²) < 4.78 is 11.0. The Hall–Kier alpha value is -1.68. The van der Waals surface area contributed by atoms with Crippen molar-refractivity contribution in [3.05, 3.63) is 34.4 Å². The maximum absolute atomic E-state index is 13.2. The molecule has 24 heavy (non-hydrogen) atoms. The van der Waals surface area contributed by atoms with Crippen LogP contribution < -0.4 is 0 Å². The number of hydrogen-bond acceptors (Lipinski definition) is 4. The fraction of sp³-hybridized carbons (Fsp3) is 0.600. The lowest BCUT2D eigenvalue weighted by Crippen LogP contribution is -2.43. The average molecular weight is 330 g/mol. The van der Waals surface area contributed by atoms with Gasteiger partial charge in [-0.2, -0.15) is 0 Å². The summed E-state index contributed by atoms with van der Waals surface area (Å²) in [6, 6.07) is 4.06. The number of rotatable bonds is 3. The van der Waals surface area contributed by atoms with E-state index < -0.39 is 11.5 Å². The molecule has 0 bridgehead atoms. The Morgan fingerprint density at radius 3 is 2.50 bits per heavy atom. The molecule has 1 saturated heterocycles. The van der Waals surface area contributed by atoms with Crippen LogP contribution in [-0.2, 0) is 19.1 Å². The zero-order valence-corrected chi connectivity index (χ0v) is 15.0. The standard InChI is InChI=1S/C20H26O4/c1-12-8-13(2)16(14(3)9-12)17-18(21)20(24-19(17)22)7-5-6-15(10-20)11-23-4/h8-9,15,17H,5-7,10-11H2,1-4H3. The number of hydrogen-bond donors (Lipinski definition) is 0. The van der Waals surface area contributed by atoms with Gasteiger partial charge >= 0.3 is 5.97 Å². The van der Waals surface area contributed by atoms with Gasteiger partial charge in [0.15, 0.2) is 11.4 Å². The summed E-state index contributed by atoms with van der Waals surface area (Å²) in [6.07, 6.45) is 3.14. The Morgan fingerprint density at radius 2 is 1.88 bits per heavy atom. The summed E-state index contributed by atoms with van der Waals surface area (Å²) >= 11 is 0. The summed E-state index contributed by atoms with van der Waals surface area (Å²) in [5.74, 6) is -0.928. The molecule has 3 unspecified atom stereocenters. The van der Waals surface area contributed by atoms with Gasteiger partial charge in [-0.05, 0) is 69.1 Å². The highest BCUT2D eigenvalue weighted by Gasteiger charge is 2.57. The molecule has 0 N–H and O–H groups in total. The van der Waals surface area contributed by atoms with E-state index in [0.29, 0.717) is 19.4 Å². The highest BCUT2D eigenvalue weighted by atomic mass is 16.6. The summed E-state index contributed by atoms with van der Waals surface area (Å²) in [5, 5.41) is 0. The molecule has 0 aromatic heterocycles. The van der Waals surface area contributed by atoms with Crippen molar-refractivity contribution in [1.29, 1.82) is 0 Å². The predicted octanol–water partition coefficient (Wildman–Crippen LogP) is 3.40. The average Bonchev–Trinajstić information content (AvgIpc) is 2.71. The molecule has 1 saturated carbocycles. The number of methoxy groups -OCH3 is 1. The molecule has 0 amide bonds. The van der Waals surface area contributed by atoms with E-state index in [0.717, 1.165) is 35.1 Å². The molecule has 1 aromatic carbocycles. The number of Topliss-reactive ketones (excluding diaryl/α,β-unsaturated/α-hetero) is 1. The number of carbonyl (C=O) groups is 2. The van der Waals surface area contributed by atoms with Gasteiger partial charge in [-0.3, -0.25) is 9.59 Å². The van der Waals surface area contributed by atoms with Crippen LogP contribution >= 0.6 is 0 Å². The van der Waals surface area contributed by atoms with Gasteiger partial charge in [0.1, 0.15) is 5.92 Å². The van der Waals surface area contributed by atoms with Crippen molar-refractivity contribution >= 4 is 11.8 Å². The fourth-order valence-corrected chi connectivity index (χ4v) is 4.61. The van der Waals surface area contributed by atoms with E-state index in [2.05, 4.69) is 0 Å². The van der Waals surface area contributed by atoms with Crippen molar-refractivity contribution in [2.75, 3.05) is 13.7 Å². The van der Waals surface area contributed by atoms with Gasteiger partial charge < -0.3 is 9.47 Å². The molecule has 0 radical (unpaired) electrons. The first-order chi connectivity index (χ1) is 11.4. The number of esters is 1. The fourth-order valence-electron chi connectivity index (χ4n) is 4.61. The number of carbonyl (C=O) groups excluding carboxylic acids is 2.